The molecule has 1 aliphatic heterocycles. The lowest BCUT2D eigenvalue weighted by Gasteiger charge is -2.24. The quantitative estimate of drug-likeness (QED) is 0.530. The van der Waals surface area contributed by atoms with Gasteiger partial charge in [-0.2, -0.15) is 13.2 Å². The fourth-order valence-electron chi connectivity index (χ4n) is 3.84. The normalized spacial score (nSPS) is 17.9. The van der Waals surface area contributed by atoms with Gasteiger partial charge in [0, 0.05) is 10.0 Å². The van der Waals surface area contributed by atoms with Crippen LogP contribution in [0.4, 0.5) is 13.2 Å². The fourth-order valence-corrected chi connectivity index (χ4v) is 4.22. The number of fused-ring (bicyclic) bond motifs is 3. The number of carboxylic acids is 1. The van der Waals surface area contributed by atoms with E-state index in [1.165, 1.54) is 13.2 Å². The Morgan fingerprint density at radius 3 is 2.66 bits per heavy atom. The number of carboxylic acid groups (broad SMARTS) is 1. The average molecular weight is 512 g/mol. The van der Waals surface area contributed by atoms with E-state index in [2.05, 4.69) is 26.1 Å². The molecule has 32 heavy (non-hydrogen) atoms. The van der Waals surface area contributed by atoms with Gasteiger partial charge in [-0.05, 0) is 42.3 Å². The zero-order chi connectivity index (χ0) is 23.2. The summed E-state index contributed by atoms with van der Waals surface area (Å²) in [6.07, 6.45) is -7.57. The minimum atomic E-state index is -4.81. The Hall–Kier alpha value is -2.92. The Balaban J connectivity index is 2.03. The van der Waals surface area contributed by atoms with Gasteiger partial charge < -0.3 is 14.6 Å². The van der Waals surface area contributed by atoms with Crippen LogP contribution >= 0.6 is 15.9 Å². The van der Waals surface area contributed by atoms with E-state index in [1.807, 2.05) is 0 Å². The third kappa shape index (κ3) is 3.86. The third-order valence-electron chi connectivity index (χ3n) is 5.23. The number of hydrogen-bond donors (Lipinski definition) is 1. The van der Waals surface area contributed by atoms with E-state index in [0.717, 1.165) is 4.57 Å². The molecule has 2 heterocycles. The van der Waals surface area contributed by atoms with Crippen LogP contribution in [0.15, 0.2) is 40.9 Å². The summed E-state index contributed by atoms with van der Waals surface area (Å²) >= 11 is 3.37. The van der Waals surface area contributed by atoms with Gasteiger partial charge >= 0.3 is 12.1 Å². The van der Waals surface area contributed by atoms with Gasteiger partial charge in [0.05, 0.1) is 19.2 Å². The number of benzene rings is 2. The SMILES string of the molecule is COc1cccc([C@H]2O[C@H](CC(=O)O)c3nnc(C(F)(F)F)n3-c3ccc(Br)cc32)c1C. The topological polar surface area (TPSA) is 86.5 Å². The zero-order valence-electron chi connectivity index (χ0n) is 16.9. The van der Waals surface area contributed by atoms with Crippen molar-refractivity contribution in [3.8, 4) is 11.4 Å². The number of halogens is 4. The predicted octanol–water partition coefficient (Wildman–Crippen LogP) is 5.00. The number of carbonyl (C=O) groups is 1. The van der Waals surface area contributed by atoms with E-state index in [0.29, 0.717) is 26.9 Å². The summed E-state index contributed by atoms with van der Waals surface area (Å²) in [6.45, 7) is 1.80. The molecule has 2 atom stereocenters. The Labute approximate surface area is 188 Å². The first-order valence-electron chi connectivity index (χ1n) is 9.45. The number of rotatable bonds is 4. The summed E-state index contributed by atoms with van der Waals surface area (Å²) < 4.78 is 54.4. The van der Waals surface area contributed by atoms with Crippen LogP contribution in [-0.4, -0.2) is 33.0 Å². The first-order chi connectivity index (χ1) is 15.1. The molecular formula is C21H17BrF3N3O4. The number of ether oxygens (including phenoxy) is 2. The van der Waals surface area contributed by atoms with Crippen LogP contribution in [0, 0.1) is 6.92 Å². The first kappa shape index (κ1) is 22.3. The van der Waals surface area contributed by atoms with E-state index in [9.17, 15) is 23.1 Å². The lowest BCUT2D eigenvalue weighted by atomic mass is 9.95. The second-order valence-electron chi connectivity index (χ2n) is 7.20. The number of aromatic nitrogens is 3. The molecule has 0 saturated heterocycles. The van der Waals surface area contributed by atoms with Crippen molar-refractivity contribution >= 4 is 21.9 Å². The highest BCUT2D eigenvalue weighted by Gasteiger charge is 2.43. The summed E-state index contributed by atoms with van der Waals surface area (Å²) in [4.78, 5) is 11.5. The molecule has 0 aliphatic carbocycles. The summed E-state index contributed by atoms with van der Waals surface area (Å²) in [5.74, 6) is -2.16. The minimum absolute atomic E-state index is 0.153. The van der Waals surface area contributed by atoms with Crippen LogP contribution in [0.3, 0.4) is 0 Å². The standard InChI is InChI=1S/C21H17BrF3N3O4/c1-10-12(4-3-5-15(10)31-2)18-13-8-11(22)6-7-14(13)28-19(16(32-18)9-17(29)30)26-27-20(28)21(23,24)25/h3-8,16,18H,9H2,1-2H3,(H,29,30)/t16-,18-/m1/s1. The van der Waals surface area contributed by atoms with Crippen LogP contribution in [0.2, 0.25) is 0 Å². The molecule has 11 heteroatoms. The van der Waals surface area contributed by atoms with Crippen molar-refractivity contribution in [1.29, 1.82) is 0 Å². The summed E-state index contributed by atoms with van der Waals surface area (Å²) in [5, 5.41) is 16.4. The molecule has 0 amide bonds. The molecule has 0 fully saturated rings. The van der Waals surface area contributed by atoms with E-state index in [1.54, 1.807) is 37.3 Å². The summed E-state index contributed by atoms with van der Waals surface area (Å²) in [5.41, 5.74) is 1.90. The maximum atomic E-state index is 13.8. The Kier molecular flexibility index (Phi) is 5.72. The smallest absolute Gasteiger partial charge is 0.452 e. The molecule has 0 radical (unpaired) electrons. The monoisotopic (exact) mass is 511 g/mol. The van der Waals surface area contributed by atoms with Crippen molar-refractivity contribution in [2.45, 2.75) is 31.7 Å². The number of methoxy groups -OCH3 is 1. The van der Waals surface area contributed by atoms with E-state index in [-0.39, 0.29) is 11.5 Å². The molecule has 1 aromatic heterocycles. The van der Waals surface area contributed by atoms with Gasteiger partial charge in [-0.1, -0.05) is 28.1 Å². The Morgan fingerprint density at radius 1 is 1.25 bits per heavy atom. The van der Waals surface area contributed by atoms with Gasteiger partial charge in [0.2, 0.25) is 5.82 Å². The molecule has 4 rings (SSSR count). The predicted molar refractivity (Wildman–Crippen MR) is 110 cm³/mol. The molecule has 0 spiro atoms. The molecule has 0 saturated carbocycles. The second-order valence-corrected chi connectivity index (χ2v) is 8.11. The van der Waals surface area contributed by atoms with Gasteiger partial charge in [0.1, 0.15) is 18.0 Å². The summed E-state index contributed by atoms with van der Waals surface area (Å²) in [7, 11) is 1.51. The van der Waals surface area contributed by atoms with Crippen LogP contribution in [0.5, 0.6) is 5.75 Å². The van der Waals surface area contributed by atoms with Crippen molar-refractivity contribution in [3.63, 3.8) is 0 Å². The number of aliphatic carboxylic acids is 1. The van der Waals surface area contributed by atoms with Gasteiger partial charge in [0.25, 0.3) is 0 Å². The van der Waals surface area contributed by atoms with E-state index in [4.69, 9.17) is 9.47 Å². The van der Waals surface area contributed by atoms with Crippen LogP contribution in [0.25, 0.3) is 5.69 Å². The van der Waals surface area contributed by atoms with Crippen molar-refractivity contribution in [1.82, 2.24) is 14.8 Å². The highest BCUT2D eigenvalue weighted by Crippen LogP contribution is 2.45. The van der Waals surface area contributed by atoms with Gasteiger partial charge in [0.15, 0.2) is 5.82 Å². The molecule has 1 N–H and O–H groups in total. The largest absolute Gasteiger partial charge is 0.496 e. The summed E-state index contributed by atoms with van der Waals surface area (Å²) in [6, 6.07) is 9.99. The molecule has 7 nitrogen and oxygen atoms in total. The zero-order valence-corrected chi connectivity index (χ0v) is 18.4. The van der Waals surface area contributed by atoms with Crippen molar-refractivity contribution in [3.05, 3.63) is 69.2 Å². The van der Waals surface area contributed by atoms with Crippen molar-refractivity contribution < 1.29 is 32.5 Å². The van der Waals surface area contributed by atoms with Crippen LogP contribution in [0.1, 0.15) is 47.0 Å². The molecule has 1 aliphatic rings. The molecular weight excluding hydrogens is 495 g/mol. The first-order valence-corrected chi connectivity index (χ1v) is 10.2. The molecule has 0 unspecified atom stereocenters. The minimum Gasteiger partial charge on any atom is -0.496 e. The highest BCUT2D eigenvalue weighted by atomic mass is 79.9. The van der Waals surface area contributed by atoms with Crippen LogP contribution < -0.4 is 4.74 Å². The van der Waals surface area contributed by atoms with Crippen LogP contribution in [-0.2, 0) is 15.7 Å². The highest BCUT2D eigenvalue weighted by molar-refractivity contribution is 9.10. The Bertz CT molecular complexity index is 1200. The lowest BCUT2D eigenvalue weighted by Crippen LogP contribution is -2.17. The number of alkyl halides is 3. The third-order valence-corrected chi connectivity index (χ3v) is 5.72. The lowest BCUT2D eigenvalue weighted by molar-refractivity contribution is -0.146. The molecule has 2 aromatic carbocycles. The number of nitrogens with zero attached hydrogens (tertiary/aromatic N) is 3. The van der Waals surface area contributed by atoms with Gasteiger partial charge in [-0.25, -0.2) is 0 Å². The fraction of sp³-hybridized carbons (Fsp3) is 0.286. The maximum absolute atomic E-state index is 13.8. The van der Waals surface area contributed by atoms with Crippen molar-refractivity contribution in [2.24, 2.45) is 0 Å². The molecule has 168 valence electrons. The van der Waals surface area contributed by atoms with Crippen molar-refractivity contribution in [2.75, 3.05) is 7.11 Å². The van der Waals surface area contributed by atoms with E-state index >= 15 is 0 Å². The number of hydrogen-bond acceptors (Lipinski definition) is 5. The van der Waals surface area contributed by atoms with E-state index < -0.39 is 36.6 Å². The maximum Gasteiger partial charge on any atom is 0.452 e. The van der Waals surface area contributed by atoms with Gasteiger partial charge in [-0.3, -0.25) is 9.36 Å². The average Bonchev–Trinajstić information content (AvgIpc) is 3.12. The molecule has 0 bridgehead atoms. The second kappa shape index (κ2) is 8.21. The Morgan fingerprint density at radius 2 is 2.00 bits per heavy atom. The van der Waals surface area contributed by atoms with Gasteiger partial charge in [-0.15, -0.1) is 10.2 Å². The molecule has 3 aromatic rings.